The predicted octanol–water partition coefficient (Wildman–Crippen LogP) is 4.09. The fourth-order valence-corrected chi connectivity index (χ4v) is 1.04. The maximum Gasteiger partial charge on any atom is 0.673 e. The van der Waals surface area contributed by atoms with E-state index >= 15 is 0 Å². The average molecular weight is 224 g/mol. The number of aryl methyl sites for hydroxylation is 3. The molecule has 1 rings (SSSR count). The third-order valence-electron chi connectivity index (χ3n) is 1.85. The molecule has 1 aromatic rings. The first-order chi connectivity index (χ1) is 6.61. The van der Waals surface area contributed by atoms with Gasteiger partial charge in [-0.25, -0.2) is 4.42 Å². The van der Waals surface area contributed by atoms with Gasteiger partial charge in [-0.3, -0.25) is 0 Å². The summed E-state index contributed by atoms with van der Waals surface area (Å²) in [7, 11) is -6.00. The fraction of sp³-hybridized carbons (Fsp3) is 0.444. The quantitative estimate of drug-likeness (QED) is 0.367. The Morgan fingerprint density at radius 1 is 1.00 bits per heavy atom. The lowest BCUT2D eigenvalue weighted by atomic mass is 10.1. The van der Waals surface area contributed by atoms with Crippen molar-refractivity contribution in [2.24, 2.45) is 0 Å². The van der Waals surface area contributed by atoms with Crippen molar-refractivity contribution < 1.29 is 21.7 Å². The Morgan fingerprint density at radius 2 is 1.40 bits per heavy atom. The molecule has 0 atom stereocenters. The molecule has 0 aromatic carbocycles. The molecule has 1 heterocycles. The molecule has 0 spiro atoms. The van der Waals surface area contributed by atoms with E-state index in [2.05, 4.69) is 19.9 Å². The second-order valence-corrected chi connectivity index (χ2v) is 3.22. The molecule has 0 unspecified atom stereocenters. The standard InChI is InChI=1S/C9H13O.BF4/c1-6-5-7(2)10-9(4)8(6)3;2-1(3,4)5/h5H,1-4H3;/q+1;-1. The average Bonchev–Trinajstić information content (AvgIpc) is 1.96. The van der Waals surface area contributed by atoms with Crippen LogP contribution in [0.1, 0.15) is 22.6 Å². The predicted molar refractivity (Wildman–Crippen MR) is 52.2 cm³/mol. The second-order valence-electron chi connectivity index (χ2n) is 3.22. The Morgan fingerprint density at radius 3 is 1.73 bits per heavy atom. The van der Waals surface area contributed by atoms with Crippen molar-refractivity contribution >= 4 is 7.25 Å². The topological polar surface area (TPSA) is 11.3 Å². The Labute approximate surface area is 86.2 Å². The maximum absolute atomic E-state index is 9.75. The number of halogens is 4. The molecule has 0 aliphatic carbocycles. The maximum atomic E-state index is 9.75. The molecular weight excluding hydrogens is 211 g/mol. The van der Waals surface area contributed by atoms with E-state index in [1.807, 2.05) is 13.8 Å². The van der Waals surface area contributed by atoms with Crippen molar-refractivity contribution in [3.05, 3.63) is 28.7 Å². The van der Waals surface area contributed by atoms with Gasteiger partial charge in [-0.2, -0.15) is 0 Å². The van der Waals surface area contributed by atoms with Gasteiger partial charge in [0.15, 0.2) is 0 Å². The van der Waals surface area contributed by atoms with E-state index in [0.29, 0.717) is 0 Å². The summed E-state index contributed by atoms with van der Waals surface area (Å²) in [6, 6.07) is 2.06. The summed E-state index contributed by atoms with van der Waals surface area (Å²) in [6.07, 6.45) is 0. The Balaban J connectivity index is 0.000000336. The fourth-order valence-electron chi connectivity index (χ4n) is 1.04. The molecule has 0 radical (unpaired) electrons. The van der Waals surface area contributed by atoms with E-state index < -0.39 is 7.25 Å². The third kappa shape index (κ3) is 6.93. The van der Waals surface area contributed by atoms with Crippen LogP contribution in [0.4, 0.5) is 17.3 Å². The first-order valence-corrected chi connectivity index (χ1v) is 4.36. The van der Waals surface area contributed by atoms with E-state index in [1.165, 1.54) is 11.1 Å². The molecule has 0 saturated heterocycles. The van der Waals surface area contributed by atoms with Gasteiger partial charge in [-0.05, 0) is 19.4 Å². The summed E-state index contributed by atoms with van der Waals surface area (Å²) in [5.41, 5.74) is 2.56. The van der Waals surface area contributed by atoms with Gasteiger partial charge in [-0.1, -0.05) is 0 Å². The van der Waals surface area contributed by atoms with E-state index in [1.54, 1.807) is 0 Å². The molecule has 0 N–H and O–H groups in total. The molecule has 0 bridgehead atoms. The molecule has 0 amide bonds. The van der Waals surface area contributed by atoms with Gasteiger partial charge >= 0.3 is 18.8 Å². The number of hydrogen-bond donors (Lipinski definition) is 0. The first kappa shape index (κ1) is 13.9. The molecule has 0 saturated carbocycles. The monoisotopic (exact) mass is 224 g/mol. The van der Waals surface area contributed by atoms with E-state index in [0.717, 1.165) is 11.5 Å². The molecule has 0 aliphatic heterocycles. The third-order valence-corrected chi connectivity index (χ3v) is 1.85. The number of hydrogen-bond acceptors (Lipinski definition) is 0. The highest BCUT2D eigenvalue weighted by Gasteiger charge is 2.20. The molecule has 15 heavy (non-hydrogen) atoms. The van der Waals surface area contributed by atoms with Crippen LogP contribution in [0.25, 0.3) is 0 Å². The van der Waals surface area contributed by atoms with Gasteiger partial charge in [0.1, 0.15) is 0 Å². The summed E-state index contributed by atoms with van der Waals surface area (Å²) in [6.45, 7) is 8.15. The lowest BCUT2D eigenvalue weighted by Gasteiger charge is -1.94. The van der Waals surface area contributed by atoms with Gasteiger partial charge in [0, 0.05) is 6.07 Å². The highest BCUT2D eigenvalue weighted by atomic mass is 19.5. The summed E-state index contributed by atoms with van der Waals surface area (Å²) in [5.74, 6) is 2.01. The van der Waals surface area contributed by atoms with Crippen LogP contribution in [0, 0.1) is 27.7 Å². The highest BCUT2D eigenvalue weighted by Crippen LogP contribution is 2.13. The van der Waals surface area contributed by atoms with Gasteiger partial charge in [0.05, 0.1) is 19.4 Å². The van der Waals surface area contributed by atoms with Crippen molar-refractivity contribution in [1.29, 1.82) is 0 Å². The molecule has 1 aromatic heterocycles. The molecule has 86 valence electrons. The van der Waals surface area contributed by atoms with Crippen LogP contribution in [0.2, 0.25) is 0 Å². The SMILES string of the molecule is Cc1cc(C)c(C)c(C)[o+]1.F[B-](F)(F)F. The molecule has 6 heteroatoms. The van der Waals surface area contributed by atoms with Gasteiger partial charge in [0.2, 0.25) is 0 Å². The van der Waals surface area contributed by atoms with Crippen molar-refractivity contribution in [1.82, 2.24) is 0 Å². The molecule has 0 aliphatic rings. The second kappa shape index (κ2) is 5.14. The van der Waals surface area contributed by atoms with E-state index in [9.17, 15) is 17.3 Å². The Kier molecular flexibility index (Phi) is 4.77. The Bertz CT molecular complexity index is 306. The first-order valence-electron chi connectivity index (χ1n) is 4.36. The van der Waals surface area contributed by atoms with Crippen LogP contribution in [0.5, 0.6) is 0 Å². The van der Waals surface area contributed by atoms with Crippen LogP contribution in [-0.2, 0) is 0 Å². The largest absolute Gasteiger partial charge is 0.673 e. The van der Waals surface area contributed by atoms with Crippen molar-refractivity contribution in [3.63, 3.8) is 0 Å². The van der Waals surface area contributed by atoms with Gasteiger partial charge < -0.3 is 17.3 Å². The van der Waals surface area contributed by atoms with Gasteiger partial charge in [-0.15, -0.1) is 0 Å². The van der Waals surface area contributed by atoms with Gasteiger partial charge in [0.25, 0.3) is 0 Å². The Hall–Kier alpha value is -1.07. The van der Waals surface area contributed by atoms with Crippen LogP contribution in [0.3, 0.4) is 0 Å². The zero-order valence-electron chi connectivity index (χ0n) is 9.07. The van der Waals surface area contributed by atoms with Crippen molar-refractivity contribution in [2.75, 3.05) is 0 Å². The number of rotatable bonds is 0. The highest BCUT2D eigenvalue weighted by molar-refractivity contribution is 6.50. The normalized spacial score (nSPS) is 10.7. The summed E-state index contributed by atoms with van der Waals surface area (Å²) >= 11 is 0. The van der Waals surface area contributed by atoms with E-state index in [-0.39, 0.29) is 0 Å². The van der Waals surface area contributed by atoms with Crippen LogP contribution in [-0.4, -0.2) is 7.25 Å². The van der Waals surface area contributed by atoms with E-state index in [4.69, 9.17) is 4.42 Å². The molecular formula is C9H13BF4O. The van der Waals surface area contributed by atoms with Crippen LogP contribution in [0.15, 0.2) is 10.5 Å². The molecule has 0 fully saturated rings. The van der Waals surface area contributed by atoms with Crippen LogP contribution < -0.4 is 0 Å². The minimum absolute atomic E-state index is 0.987. The minimum Gasteiger partial charge on any atom is -0.418 e. The van der Waals surface area contributed by atoms with Crippen molar-refractivity contribution in [3.8, 4) is 0 Å². The zero-order chi connectivity index (χ0) is 12.2. The van der Waals surface area contributed by atoms with Crippen molar-refractivity contribution in [2.45, 2.75) is 27.7 Å². The van der Waals surface area contributed by atoms with Crippen LogP contribution >= 0.6 is 0 Å². The lowest BCUT2D eigenvalue weighted by molar-refractivity contribution is 0.368. The summed E-state index contributed by atoms with van der Waals surface area (Å²) in [5, 5.41) is 0. The smallest absolute Gasteiger partial charge is 0.418 e. The zero-order valence-corrected chi connectivity index (χ0v) is 9.07. The summed E-state index contributed by atoms with van der Waals surface area (Å²) < 4.78 is 44.4. The minimum atomic E-state index is -6.00. The summed E-state index contributed by atoms with van der Waals surface area (Å²) in [4.78, 5) is 0. The lowest BCUT2D eigenvalue weighted by Crippen LogP contribution is -2.02. The molecule has 1 nitrogen and oxygen atoms in total.